The molecule has 0 unspecified atom stereocenters. The number of carbonyl (C=O) groups is 1. The number of amides is 1. The van der Waals surface area contributed by atoms with E-state index in [4.69, 9.17) is 10.5 Å². The minimum atomic E-state index is -0.181. The fourth-order valence-electron chi connectivity index (χ4n) is 2.59. The Morgan fingerprint density at radius 3 is 2.85 bits per heavy atom. The molecule has 0 bridgehead atoms. The van der Waals surface area contributed by atoms with E-state index in [-0.39, 0.29) is 5.91 Å². The van der Waals surface area contributed by atoms with Crippen molar-refractivity contribution in [1.82, 2.24) is 15.1 Å². The molecule has 1 fully saturated rings. The van der Waals surface area contributed by atoms with Crippen LogP contribution in [0.15, 0.2) is 0 Å². The smallest absolute Gasteiger partial charge is 0.271 e. The van der Waals surface area contributed by atoms with Crippen molar-refractivity contribution in [3.8, 4) is 0 Å². The van der Waals surface area contributed by atoms with Gasteiger partial charge in [0.05, 0.1) is 24.1 Å². The minimum absolute atomic E-state index is 0.181. The number of rotatable bonds is 6. The molecule has 20 heavy (non-hydrogen) atoms. The Labute approximate surface area is 119 Å². The van der Waals surface area contributed by atoms with E-state index in [1.807, 2.05) is 13.8 Å². The normalized spacial score (nSPS) is 15.7. The highest BCUT2D eigenvalue weighted by atomic mass is 16.5. The first-order valence-electron chi connectivity index (χ1n) is 7.36. The molecule has 1 aliphatic carbocycles. The zero-order valence-electron chi connectivity index (χ0n) is 12.3. The predicted octanol–water partition coefficient (Wildman–Crippen LogP) is 1.48. The van der Waals surface area contributed by atoms with Crippen LogP contribution in [-0.4, -0.2) is 34.9 Å². The van der Waals surface area contributed by atoms with E-state index < -0.39 is 0 Å². The van der Waals surface area contributed by atoms with Gasteiger partial charge in [-0.15, -0.1) is 0 Å². The molecule has 1 amide bonds. The number of nitrogens with one attached hydrogen (secondary N) is 1. The van der Waals surface area contributed by atoms with Gasteiger partial charge in [0, 0.05) is 13.1 Å². The highest BCUT2D eigenvalue weighted by Crippen LogP contribution is 2.20. The number of aryl methyl sites for hydroxylation is 2. The van der Waals surface area contributed by atoms with Gasteiger partial charge in [-0.1, -0.05) is 12.8 Å². The van der Waals surface area contributed by atoms with E-state index in [1.165, 1.54) is 12.8 Å². The number of nitrogen functional groups attached to an aromatic ring is 1. The number of nitrogens with zero attached hydrogens (tertiary/aromatic N) is 2. The molecule has 1 heterocycles. The summed E-state index contributed by atoms with van der Waals surface area (Å²) in [4.78, 5) is 12.1. The van der Waals surface area contributed by atoms with Crippen molar-refractivity contribution in [2.24, 2.45) is 0 Å². The van der Waals surface area contributed by atoms with Crippen LogP contribution < -0.4 is 11.1 Å². The molecule has 1 aliphatic rings. The molecule has 0 spiro atoms. The molecule has 1 saturated carbocycles. The number of anilines is 1. The minimum Gasteiger partial charge on any atom is -0.395 e. The van der Waals surface area contributed by atoms with Crippen molar-refractivity contribution >= 4 is 11.6 Å². The van der Waals surface area contributed by atoms with Crippen LogP contribution in [0.1, 0.15) is 48.8 Å². The Bertz CT molecular complexity index is 464. The Kier molecular flexibility index (Phi) is 5.00. The van der Waals surface area contributed by atoms with Crippen molar-refractivity contribution in [2.45, 2.75) is 52.2 Å². The van der Waals surface area contributed by atoms with Gasteiger partial charge in [-0.05, 0) is 26.7 Å². The highest BCUT2D eigenvalue weighted by molar-refractivity contribution is 5.97. The van der Waals surface area contributed by atoms with Gasteiger partial charge in [-0.2, -0.15) is 5.10 Å². The number of ether oxygens (including phenoxy) is 1. The summed E-state index contributed by atoms with van der Waals surface area (Å²) in [5, 5.41) is 7.09. The summed E-state index contributed by atoms with van der Waals surface area (Å²) in [5.41, 5.74) is 7.51. The SMILES string of the molecule is CCn1nc(C)c(N)c1C(=O)NCCOC1CCCC1. The molecule has 0 atom stereocenters. The van der Waals surface area contributed by atoms with Crippen LogP contribution in [0.4, 0.5) is 5.69 Å². The Morgan fingerprint density at radius 1 is 1.50 bits per heavy atom. The van der Waals surface area contributed by atoms with Crippen LogP contribution in [0, 0.1) is 6.92 Å². The van der Waals surface area contributed by atoms with Crippen LogP contribution in [-0.2, 0) is 11.3 Å². The maximum atomic E-state index is 12.1. The topological polar surface area (TPSA) is 82.2 Å². The van der Waals surface area contributed by atoms with Gasteiger partial charge in [-0.3, -0.25) is 9.48 Å². The van der Waals surface area contributed by atoms with Crippen molar-refractivity contribution in [3.63, 3.8) is 0 Å². The fraction of sp³-hybridized carbons (Fsp3) is 0.714. The second-order valence-corrected chi connectivity index (χ2v) is 5.20. The fourth-order valence-corrected chi connectivity index (χ4v) is 2.59. The van der Waals surface area contributed by atoms with E-state index >= 15 is 0 Å². The second-order valence-electron chi connectivity index (χ2n) is 5.20. The van der Waals surface area contributed by atoms with Crippen LogP contribution in [0.5, 0.6) is 0 Å². The largest absolute Gasteiger partial charge is 0.395 e. The number of nitrogens with two attached hydrogens (primary N) is 1. The molecular formula is C14H24N4O2. The monoisotopic (exact) mass is 280 g/mol. The zero-order chi connectivity index (χ0) is 14.5. The van der Waals surface area contributed by atoms with Gasteiger partial charge in [-0.25, -0.2) is 0 Å². The second kappa shape index (κ2) is 6.74. The van der Waals surface area contributed by atoms with Gasteiger partial charge in [0.2, 0.25) is 0 Å². The molecule has 2 rings (SSSR count). The lowest BCUT2D eigenvalue weighted by Gasteiger charge is -2.12. The zero-order valence-corrected chi connectivity index (χ0v) is 12.3. The molecule has 1 aromatic rings. The molecule has 112 valence electrons. The number of hydrogen-bond donors (Lipinski definition) is 2. The summed E-state index contributed by atoms with van der Waals surface area (Å²) in [6.07, 6.45) is 5.16. The van der Waals surface area contributed by atoms with Gasteiger partial charge in [0.25, 0.3) is 5.91 Å². The molecule has 0 aliphatic heterocycles. The predicted molar refractivity (Wildman–Crippen MR) is 77.6 cm³/mol. The molecule has 6 nitrogen and oxygen atoms in total. The lowest BCUT2D eigenvalue weighted by Crippen LogP contribution is -2.30. The standard InChI is InChI=1S/C14H24N4O2/c1-3-18-13(12(15)10(2)17-18)14(19)16-8-9-20-11-6-4-5-7-11/h11H,3-9,15H2,1-2H3,(H,16,19). The average Bonchev–Trinajstić information content (AvgIpc) is 3.04. The van der Waals surface area contributed by atoms with Crippen molar-refractivity contribution in [3.05, 3.63) is 11.4 Å². The number of aromatic nitrogens is 2. The number of carbonyl (C=O) groups excluding carboxylic acids is 1. The average molecular weight is 280 g/mol. The van der Waals surface area contributed by atoms with Gasteiger partial charge in [0.1, 0.15) is 5.69 Å². The summed E-state index contributed by atoms with van der Waals surface area (Å²) in [5.74, 6) is -0.181. The van der Waals surface area contributed by atoms with E-state index in [9.17, 15) is 4.79 Å². The summed E-state index contributed by atoms with van der Waals surface area (Å²) < 4.78 is 7.35. The Balaban J connectivity index is 1.82. The van der Waals surface area contributed by atoms with Crippen LogP contribution in [0.3, 0.4) is 0 Å². The van der Waals surface area contributed by atoms with E-state index in [1.54, 1.807) is 4.68 Å². The molecule has 0 radical (unpaired) electrons. The quantitative estimate of drug-likeness (QED) is 0.773. The van der Waals surface area contributed by atoms with E-state index in [0.29, 0.717) is 42.9 Å². The first-order valence-corrected chi connectivity index (χ1v) is 7.36. The third-order valence-electron chi connectivity index (χ3n) is 3.73. The maximum Gasteiger partial charge on any atom is 0.271 e. The van der Waals surface area contributed by atoms with Crippen molar-refractivity contribution in [1.29, 1.82) is 0 Å². The summed E-state index contributed by atoms with van der Waals surface area (Å²) in [6.45, 7) is 5.42. The summed E-state index contributed by atoms with van der Waals surface area (Å²) in [6, 6.07) is 0. The lowest BCUT2D eigenvalue weighted by atomic mass is 10.3. The first-order chi connectivity index (χ1) is 9.63. The van der Waals surface area contributed by atoms with Crippen molar-refractivity contribution < 1.29 is 9.53 Å². The van der Waals surface area contributed by atoms with Gasteiger partial charge in [0.15, 0.2) is 0 Å². The number of hydrogen-bond acceptors (Lipinski definition) is 4. The maximum absolute atomic E-state index is 12.1. The molecule has 3 N–H and O–H groups in total. The van der Waals surface area contributed by atoms with Crippen molar-refractivity contribution in [2.75, 3.05) is 18.9 Å². The van der Waals surface area contributed by atoms with Crippen LogP contribution >= 0.6 is 0 Å². The Hall–Kier alpha value is -1.56. The third-order valence-corrected chi connectivity index (χ3v) is 3.73. The lowest BCUT2D eigenvalue weighted by molar-refractivity contribution is 0.0580. The molecule has 6 heteroatoms. The van der Waals surface area contributed by atoms with Gasteiger partial charge < -0.3 is 15.8 Å². The molecule has 0 saturated heterocycles. The third kappa shape index (κ3) is 3.30. The molecule has 0 aromatic carbocycles. The Morgan fingerprint density at radius 2 is 2.20 bits per heavy atom. The highest BCUT2D eigenvalue weighted by Gasteiger charge is 2.19. The summed E-state index contributed by atoms with van der Waals surface area (Å²) >= 11 is 0. The van der Waals surface area contributed by atoms with E-state index in [2.05, 4.69) is 10.4 Å². The molecular weight excluding hydrogens is 256 g/mol. The van der Waals surface area contributed by atoms with Gasteiger partial charge >= 0.3 is 0 Å². The first kappa shape index (κ1) is 14.8. The summed E-state index contributed by atoms with van der Waals surface area (Å²) in [7, 11) is 0. The van der Waals surface area contributed by atoms with Crippen LogP contribution in [0.25, 0.3) is 0 Å². The van der Waals surface area contributed by atoms with Crippen LogP contribution in [0.2, 0.25) is 0 Å². The molecule has 1 aromatic heterocycles. The van der Waals surface area contributed by atoms with E-state index in [0.717, 1.165) is 12.8 Å².